The van der Waals surface area contributed by atoms with Gasteiger partial charge in [-0.2, -0.15) is 13.2 Å². The van der Waals surface area contributed by atoms with Gasteiger partial charge < -0.3 is 9.79 Å². The Hall–Kier alpha value is -0.240. The summed E-state index contributed by atoms with van der Waals surface area (Å²) < 4.78 is 77.6. The average Bonchev–Trinajstić information content (AvgIpc) is 1.94. The lowest BCUT2D eigenvalue weighted by Crippen LogP contribution is -2.49. The highest BCUT2D eigenvalue weighted by atomic mass is 31.2. The molecule has 0 aliphatic rings. The first-order valence-corrected chi connectivity index (χ1v) is 6.46. The van der Waals surface area contributed by atoms with Gasteiger partial charge in [-0.3, -0.25) is 4.52 Å². The van der Waals surface area contributed by atoms with Gasteiger partial charge in [0.15, 0.2) is 0 Å². The lowest BCUT2D eigenvalue weighted by atomic mass is 9.90. The molecule has 0 heterocycles. The lowest BCUT2D eigenvalue weighted by Gasteiger charge is -2.37. The first-order valence-electron chi connectivity index (χ1n) is 4.93. The number of alkyl halides is 5. The van der Waals surface area contributed by atoms with Crippen LogP contribution in [0.3, 0.4) is 0 Å². The number of phosphoric ester groups is 1. The molecule has 0 bridgehead atoms. The summed E-state index contributed by atoms with van der Waals surface area (Å²) in [6, 6.07) is 0. The van der Waals surface area contributed by atoms with Gasteiger partial charge in [0.25, 0.3) is 5.92 Å². The van der Waals surface area contributed by atoms with Crippen LogP contribution in [0.5, 0.6) is 0 Å². The third-order valence-corrected chi connectivity index (χ3v) is 2.88. The molecule has 0 amide bonds. The van der Waals surface area contributed by atoms with Gasteiger partial charge in [-0.05, 0) is 13.3 Å². The first kappa shape index (κ1) is 17.8. The highest BCUT2D eigenvalue weighted by Crippen LogP contribution is 2.51. The topological polar surface area (TPSA) is 66.8 Å². The van der Waals surface area contributed by atoms with Crippen molar-refractivity contribution in [3.05, 3.63) is 0 Å². The maximum atomic E-state index is 13.5. The van der Waals surface area contributed by atoms with Crippen LogP contribution in [-0.4, -0.2) is 27.5 Å². The zero-order valence-electron chi connectivity index (χ0n) is 9.67. The standard InChI is InChI=1S/C8H14F5O4P/c1-3-4-6(2,17-18(14,15)16)7(9,10)5-8(11,12)13/h3-5H2,1-2H3,(H2,14,15,16). The van der Waals surface area contributed by atoms with E-state index in [1.807, 2.05) is 0 Å². The van der Waals surface area contributed by atoms with Crippen molar-refractivity contribution in [2.45, 2.75) is 50.8 Å². The van der Waals surface area contributed by atoms with Gasteiger partial charge in [0.1, 0.15) is 12.0 Å². The largest absolute Gasteiger partial charge is 0.470 e. The zero-order valence-corrected chi connectivity index (χ0v) is 10.6. The fraction of sp³-hybridized carbons (Fsp3) is 1.00. The molecule has 0 spiro atoms. The summed E-state index contributed by atoms with van der Waals surface area (Å²) >= 11 is 0. The SMILES string of the molecule is CCCC(C)(OP(=O)(O)O)C(F)(F)CC(F)(F)F. The van der Waals surface area contributed by atoms with E-state index in [2.05, 4.69) is 4.52 Å². The van der Waals surface area contributed by atoms with Crippen LogP contribution in [0, 0.1) is 0 Å². The van der Waals surface area contributed by atoms with Crippen LogP contribution in [0.1, 0.15) is 33.1 Å². The molecule has 0 aromatic carbocycles. The zero-order chi connectivity index (χ0) is 14.8. The Bertz CT molecular complexity index is 326. The van der Waals surface area contributed by atoms with E-state index in [1.165, 1.54) is 6.92 Å². The summed E-state index contributed by atoms with van der Waals surface area (Å²) in [6.45, 7) is 1.94. The molecule has 10 heteroatoms. The van der Waals surface area contributed by atoms with Crippen molar-refractivity contribution in [1.29, 1.82) is 0 Å². The number of rotatable bonds is 6. The molecule has 0 saturated heterocycles. The maximum absolute atomic E-state index is 13.5. The minimum atomic E-state index is -5.33. The molecule has 0 rings (SSSR count). The molecule has 2 N–H and O–H groups in total. The molecular formula is C8H14F5O4P. The lowest BCUT2D eigenvalue weighted by molar-refractivity contribution is -0.240. The first-order chi connectivity index (χ1) is 7.72. The third-order valence-electron chi connectivity index (χ3n) is 2.24. The Balaban J connectivity index is 5.25. The predicted octanol–water partition coefficient (Wildman–Crippen LogP) is 3.24. The minimum Gasteiger partial charge on any atom is -0.303 e. The number of phosphoric acid groups is 1. The minimum absolute atomic E-state index is 0.0239. The van der Waals surface area contributed by atoms with Gasteiger partial charge >= 0.3 is 14.0 Å². The molecule has 0 aromatic heterocycles. The van der Waals surface area contributed by atoms with Crippen molar-refractivity contribution < 1.29 is 40.8 Å². The van der Waals surface area contributed by atoms with E-state index in [0.717, 1.165) is 0 Å². The van der Waals surface area contributed by atoms with Crippen molar-refractivity contribution in [3.8, 4) is 0 Å². The van der Waals surface area contributed by atoms with E-state index in [9.17, 15) is 26.5 Å². The highest BCUT2D eigenvalue weighted by molar-refractivity contribution is 7.46. The van der Waals surface area contributed by atoms with Crippen LogP contribution >= 0.6 is 7.82 Å². The highest BCUT2D eigenvalue weighted by Gasteiger charge is 2.58. The normalized spacial score (nSPS) is 17.6. The van der Waals surface area contributed by atoms with Gasteiger partial charge in [0.2, 0.25) is 0 Å². The maximum Gasteiger partial charge on any atom is 0.470 e. The van der Waals surface area contributed by atoms with Crippen molar-refractivity contribution in [3.63, 3.8) is 0 Å². The third kappa shape index (κ3) is 5.60. The van der Waals surface area contributed by atoms with Gasteiger partial charge in [0, 0.05) is 0 Å². The van der Waals surface area contributed by atoms with Crippen LogP contribution in [0.2, 0.25) is 0 Å². The van der Waals surface area contributed by atoms with Gasteiger partial charge in [0.05, 0.1) is 0 Å². The second-order valence-electron chi connectivity index (χ2n) is 4.06. The second kappa shape index (κ2) is 5.40. The summed E-state index contributed by atoms with van der Waals surface area (Å²) in [5, 5.41) is 0. The van der Waals surface area contributed by atoms with Crippen molar-refractivity contribution in [1.82, 2.24) is 0 Å². The van der Waals surface area contributed by atoms with E-state index < -0.39 is 38.4 Å². The molecule has 0 aromatic rings. The molecule has 0 saturated carbocycles. The summed E-state index contributed by atoms with van der Waals surface area (Å²) in [4.78, 5) is 17.0. The van der Waals surface area contributed by atoms with Crippen molar-refractivity contribution >= 4 is 7.82 Å². The summed E-state index contributed by atoms with van der Waals surface area (Å²) in [6.07, 6.45) is -8.32. The second-order valence-corrected chi connectivity index (χ2v) is 5.22. The van der Waals surface area contributed by atoms with Crippen LogP contribution in [0.15, 0.2) is 0 Å². The molecule has 0 aliphatic heterocycles. The number of halogens is 5. The monoisotopic (exact) mass is 300 g/mol. The average molecular weight is 300 g/mol. The number of hydrogen-bond acceptors (Lipinski definition) is 2. The van der Waals surface area contributed by atoms with Gasteiger partial charge in [-0.1, -0.05) is 13.3 Å². The molecule has 18 heavy (non-hydrogen) atoms. The fourth-order valence-corrected chi connectivity index (χ4v) is 2.22. The molecular weight excluding hydrogens is 286 g/mol. The van der Waals surface area contributed by atoms with Gasteiger partial charge in [-0.15, -0.1) is 0 Å². The molecule has 110 valence electrons. The van der Waals surface area contributed by atoms with E-state index in [4.69, 9.17) is 9.79 Å². The van der Waals surface area contributed by atoms with Crippen LogP contribution in [0.25, 0.3) is 0 Å². The van der Waals surface area contributed by atoms with Crippen LogP contribution in [-0.2, 0) is 9.09 Å². The van der Waals surface area contributed by atoms with Crippen molar-refractivity contribution in [2.75, 3.05) is 0 Å². The smallest absolute Gasteiger partial charge is 0.303 e. The molecule has 0 aliphatic carbocycles. The Morgan fingerprint density at radius 3 is 1.89 bits per heavy atom. The summed E-state index contributed by atoms with van der Waals surface area (Å²) in [5.41, 5.74) is -2.88. The Morgan fingerprint density at radius 1 is 1.17 bits per heavy atom. The Labute approximate surface area is 100 Å². The Kier molecular flexibility index (Phi) is 5.33. The Morgan fingerprint density at radius 2 is 1.61 bits per heavy atom. The quantitative estimate of drug-likeness (QED) is 0.584. The van der Waals surface area contributed by atoms with E-state index in [-0.39, 0.29) is 6.42 Å². The summed E-state index contributed by atoms with van der Waals surface area (Å²) in [5.74, 6) is -4.44. The fourth-order valence-electron chi connectivity index (χ4n) is 1.47. The molecule has 0 radical (unpaired) electrons. The molecule has 0 fully saturated rings. The van der Waals surface area contributed by atoms with E-state index in [1.54, 1.807) is 0 Å². The van der Waals surface area contributed by atoms with Gasteiger partial charge in [-0.25, -0.2) is 13.3 Å². The molecule has 4 nitrogen and oxygen atoms in total. The van der Waals surface area contributed by atoms with Crippen molar-refractivity contribution in [2.24, 2.45) is 0 Å². The van der Waals surface area contributed by atoms with Crippen LogP contribution < -0.4 is 0 Å². The number of hydrogen-bond donors (Lipinski definition) is 2. The van der Waals surface area contributed by atoms with E-state index >= 15 is 0 Å². The predicted molar refractivity (Wildman–Crippen MR) is 52.1 cm³/mol. The van der Waals surface area contributed by atoms with E-state index in [0.29, 0.717) is 6.92 Å². The molecule has 1 unspecified atom stereocenters. The van der Waals surface area contributed by atoms with Crippen LogP contribution in [0.4, 0.5) is 22.0 Å². The molecule has 1 atom stereocenters. The summed E-state index contributed by atoms with van der Waals surface area (Å²) in [7, 11) is -5.33.